The number of hydrogen-bond donors (Lipinski definition) is 3. The van der Waals surface area contributed by atoms with E-state index in [0.29, 0.717) is 25.7 Å². The number of carbonyl (C=O) groups excluding carboxylic acids is 4. The molecule has 0 aliphatic heterocycles. The van der Waals surface area contributed by atoms with E-state index in [0.717, 1.165) is 95.8 Å². The van der Waals surface area contributed by atoms with Crippen LogP contribution in [0.5, 0.6) is 0 Å². The number of hydrogen-bond acceptors (Lipinski definition) is 15. The molecule has 0 bridgehead atoms. The molecule has 0 spiro atoms. The Bertz CT molecular complexity index is 2050. The van der Waals surface area contributed by atoms with Crippen molar-refractivity contribution >= 4 is 39.5 Å². The topological polar surface area (TPSA) is 237 Å². The second-order valence-corrected chi connectivity index (χ2v) is 35.4. The van der Waals surface area contributed by atoms with Gasteiger partial charge in [0.2, 0.25) is 0 Å². The summed E-state index contributed by atoms with van der Waals surface area (Å²) in [7, 11) is -9.93. The van der Waals surface area contributed by atoms with E-state index in [2.05, 4.69) is 34.6 Å². The lowest BCUT2D eigenvalue weighted by molar-refractivity contribution is -0.161. The number of esters is 4. The highest BCUT2D eigenvalue weighted by Gasteiger charge is 2.30. The van der Waals surface area contributed by atoms with Crippen LogP contribution in [-0.4, -0.2) is 96.7 Å². The predicted molar refractivity (Wildman–Crippen MR) is 446 cm³/mol. The number of phosphoric acid groups is 2. The van der Waals surface area contributed by atoms with Gasteiger partial charge in [0.05, 0.1) is 26.4 Å². The molecule has 0 aromatic heterocycles. The monoisotopic (exact) mass is 1580 g/mol. The first-order valence-corrected chi connectivity index (χ1v) is 49.1. The zero-order valence-electron chi connectivity index (χ0n) is 71.0. The van der Waals surface area contributed by atoms with E-state index in [9.17, 15) is 43.2 Å². The van der Waals surface area contributed by atoms with Gasteiger partial charge in [-0.25, -0.2) is 9.13 Å². The van der Waals surface area contributed by atoms with E-state index < -0.39 is 97.5 Å². The molecular weight excluding hydrogens is 1400 g/mol. The van der Waals surface area contributed by atoms with Crippen LogP contribution < -0.4 is 0 Å². The lowest BCUT2D eigenvalue weighted by Gasteiger charge is -2.21. The molecule has 0 amide bonds. The van der Waals surface area contributed by atoms with Gasteiger partial charge >= 0.3 is 39.5 Å². The summed E-state index contributed by atoms with van der Waals surface area (Å²) in [4.78, 5) is 73.3. The van der Waals surface area contributed by atoms with Gasteiger partial charge in [0, 0.05) is 25.7 Å². The first-order valence-electron chi connectivity index (χ1n) is 46.1. The molecule has 5 atom stereocenters. The first kappa shape index (κ1) is 106. The van der Waals surface area contributed by atoms with E-state index in [1.807, 2.05) is 0 Å². The van der Waals surface area contributed by atoms with Crippen molar-refractivity contribution in [1.82, 2.24) is 0 Å². The highest BCUT2D eigenvalue weighted by atomic mass is 31.2. The second-order valence-electron chi connectivity index (χ2n) is 32.5. The Balaban J connectivity index is 5.22. The maximum Gasteiger partial charge on any atom is 0.472 e. The van der Waals surface area contributed by atoms with E-state index in [4.69, 9.17) is 37.0 Å². The summed E-state index contributed by atoms with van der Waals surface area (Å²) < 4.78 is 69.0. The Kier molecular flexibility index (Phi) is 80.2. The normalized spacial score (nSPS) is 13.7. The van der Waals surface area contributed by atoms with Gasteiger partial charge in [0.15, 0.2) is 12.2 Å². The lowest BCUT2D eigenvalue weighted by atomic mass is 10.0. The Morgan fingerprint density at radius 1 is 0.250 bits per heavy atom. The van der Waals surface area contributed by atoms with E-state index in [1.54, 1.807) is 0 Å². The standard InChI is InChI=1S/C89H174O17P2/c1-6-9-12-15-18-21-24-26-28-30-32-34-36-42-46-50-55-60-65-70-75-89(94)106-85(79-100-87(92)73-68-63-58-53-48-44-40-38-37-39-43-47-51-56-61-66-71-82(4)5)81-104-108(97,98)102-77-83(90)76-101-107(95,96)103-80-84(78-99-86(91)72-67-62-57-52-23-20-17-14-11-8-3)105-88(93)74-69-64-59-54-49-45-41-35-33-31-29-27-25-22-19-16-13-10-7-2/h82-85,90H,6-81H2,1-5H3,(H,95,96)(H,97,98)/t83-,84+,85+/m0/s1. The Morgan fingerprint density at radius 2 is 0.426 bits per heavy atom. The number of phosphoric ester groups is 2. The summed E-state index contributed by atoms with van der Waals surface area (Å²) in [5, 5.41) is 10.7. The summed E-state index contributed by atoms with van der Waals surface area (Å²) in [6.45, 7) is 7.41. The number of ether oxygens (including phenoxy) is 4. The van der Waals surface area contributed by atoms with Crippen LogP contribution in [-0.2, 0) is 65.4 Å². The van der Waals surface area contributed by atoms with Crippen LogP contribution >= 0.6 is 15.6 Å². The van der Waals surface area contributed by atoms with Crippen LogP contribution in [0.4, 0.5) is 0 Å². The van der Waals surface area contributed by atoms with Crippen LogP contribution in [0.1, 0.15) is 484 Å². The van der Waals surface area contributed by atoms with Gasteiger partial charge in [-0.1, -0.05) is 433 Å². The van der Waals surface area contributed by atoms with Gasteiger partial charge < -0.3 is 33.8 Å². The predicted octanol–water partition coefficient (Wildman–Crippen LogP) is 27.5. The molecule has 0 saturated heterocycles. The molecule has 19 heteroatoms. The average Bonchev–Trinajstić information content (AvgIpc) is 0.896. The zero-order valence-corrected chi connectivity index (χ0v) is 72.8. The van der Waals surface area contributed by atoms with Crippen molar-refractivity contribution in [3.05, 3.63) is 0 Å². The molecule has 3 N–H and O–H groups in total. The van der Waals surface area contributed by atoms with Crippen molar-refractivity contribution in [2.75, 3.05) is 39.6 Å². The minimum atomic E-state index is -4.97. The van der Waals surface area contributed by atoms with Crippen molar-refractivity contribution in [2.24, 2.45) is 5.92 Å². The molecule has 0 radical (unpaired) electrons. The van der Waals surface area contributed by atoms with Crippen LogP contribution in [0.15, 0.2) is 0 Å². The molecule has 0 aromatic rings. The van der Waals surface area contributed by atoms with Crippen molar-refractivity contribution in [3.8, 4) is 0 Å². The summed E-state index contributed by atoms with van der Waals surface area (Å²) in [6, 6.07) is 0. The van der Waals surface area contributed by atoms with Gasteiger partial charge in [0.25, 0.3) is 0 Å². The van der Waals surface area contributed by atoms with Crippen LogP contribution in [0, 0.1) is 5.92 Å². The third-order valence-electron chi connectivity index (χ3n) is 21.0. The van der Waals surface area contributed by atoms with E-state index in [1.165, 1.54) is 308 Å². The number of aliphatic hydroxyl groups excluding tert-OH is 1. The fourth-order valence-corrected chi connectivity index (χ4v) is 15.6. The molecular formula is C89H174O17P2. The quantitative estimate of drug-likeness (QED) is 0.0222. The fourth-order valence-electron chi connectivity index (χ4n) is 14.0. The van der Waals surface area contributed by atoms with Gasteiger partial charge in [-0.05, 0) is 31.6 Å². The van der Waals surface area contributed by atoms with Crippen molar-refractivity contribution in [2.45, 2.75) is 502 Å². The smallest absolute Gasteiger partial charge is 0.462 e. The Morgan fingerprint density at radius 3 is 0.630 bits per heavy atom. The summed E-state index contributed by atoms with van der Waals surface area (Å²) >= 11 is 0. The lowest BCUT2D eigenvalue weighted by Crippen LogP contribution is -2.30. The molecule has 642 valence electrons. The first-order chi connectivity index (χ1) is 52.5. The van der Waals surface area contributed by atoms with E-state index >= 15 is 0 Å². The number of unbranched alkanes of at least 4 members (excludes halogenated alkanes) is 61. The highest BCUT2D eigenvalue weighted by Crippen LogP contribution is 2.45. The van der Waals surface area contributed by atoms with Gasteiger partial charge in [-0.15, -0.1) is 0 Å². The highest BCUT2D eigenvalue weighted by molar-refractivity contribution is 7.47. The Labute approximate surface area is 664 Å². The van der Waals surface area contributed by atoms with Crippen molar-refractivity contribution < 1.29 is 80.2 Å². The van der Waals surface area contributed by atoms with Crippen LogP contribution in [0.3, 0.4) is 0 Å². The fraction of sp³-hybridized carbons (Fsp3) is 0.955. The number of rotatable bonds is 89. The van der Waals surface area contributed by atoms with Gasteiger partial charge in [-0.2, -0.15) is 0 Å². The Hall–Kier alpha value is -1.94. The molecule has 2 unspecified atom stereocenters. The molecule has 108 heavy (non-hydrogen) atoms. The molecule has 0 aromatic carbocycles. The largest absolute Gasteiger partial charge is 0.472 e. The second kappa shape index (κ2) is 81.6. The van der Waals surface area contributed by atoms with Crippen molar-refractivity contribution in [3.63, 3.8) is 0 Å². The summed E-state index contributed by atoms with van der Waals surface area (Å²) in [5.74, 6) is -1.28. The third kappa shape index (κ3) is 82.1. The minimum absolute atomic E-state index is 0.109. The molecule has 0 rings (SSSR count). The maximum atomic E-state index is 13.2. The van der Waals surface area contributed by atoms with Gasteiger partial charge in [-0.3, -0.25) is 37.3 Å². The molecule has 0 heterocycles. The SMILES string of the molecule is CCCCCCCCCCCCCCCCCCCCCCC(=O)O[C@H](COC(=O)CCCCCCCCCCCCCCCCCCC(C)C)COP(=O)(O)OC[C@@H](O)COP(=O)(O)OC[C@@H](COC(=O)CCCCCCCCCCCC)OC(=O)CCCCCCCCCCCCCCCCCCCCC. The average molecular weight is 1580 g/mol. The third-order valence-corrected chi connectivity index (χ3v) is 22.9. The van der Waals surface area contributed by atoms with E-state index in [-0.39, 0.29) is 25.7 Å². The zero-order chi connectivity index (χ0) is 79.0. The molecule has 0 aliphatic carbocycles. The molecule has 17 nitrogen and oxygen atoms in total. The summed E-state index contributed by atoms with van der Waals surface area (Å²) in [5.41, 5.74) is 0. The molecule has 0 fully saturated rings. The number of carbonyl (C=O) groups is 4. The van der Waals surface area contributed by atoms with Crippen molar-refractivity contribution in [1.29, 1.82) is 0 Å². The number of aliphatic hydroxyl groups is 1. The molecule has 0 aliphatic rings. The minimum Gasteiger partial charge on any atom is -0.462 e. The molecule has 0 saturated carbocycles. The van der Waals surface area contributed by atoms with Gasteiger partial charge in [0.1, 0.15) is 19.3 Å². The summed E-state index contributed by atoms with van der Waals surface area (Å²) in [6.07, 6.45) is 76.4. The van der Waals surface area contributed by atoms with Crippen LogP contribution in [0.25, 0.3) is 0 Å². The van der Waals surface area contributed by atoms with Crippen LogP contribution in [0.2, 0.25) is 0 Å². The maximum absolute atomic E-state index is 13.2.